The van der Waals surface area contributed by atoms with Gasteiger partial charge in [-0.3, -0.25) is 4.57 Å². The van der Waals surface area contributed by atoms with Gasteiger partial charge in [0.15, 0.2) is 5.82 Å². The molecule has 4 rings (SSSR count). The van der Waals surface area contributed by atoms with Gasteiger partial charge in [-0.1, -0.05) is 42.5 Å². The molecule has 0 unspecified atom stereocenters. The molecule has 0 saturated heterocycles. The zero-order valence-corrected chi connectivity index (χ0v) is 11.0. The summed E-state index contributed by atoms with van der Waals surface area (Å²) in [4.78, 5) is 0. The van der Waals surface area contributed by atoms with Crippen LogP contribution in [0.4, 0.5) is 5.69 Å². The van der Waals surface area contributed by atoms with Crippen molar-refractivity contribution in [1.82, 2.24) is 14.8 Å². The van der Waals surface area contributed by atoms with Gasteiger partial charge in [0, 0.05) is 18.5 Å². The summed E-state index contributed by atoms with van der Waals surface area (Å²) in [6.07, 6.45) is 0.870. The number of nitrogens with zero attached hydrogens (tertiary/aromatic N) is 3. The van der Waals surface area contributed by atoms with Crippen LogP contribution in [0.3, 0.4) is 0 Å². The van der Waals surface area contributed by atoms with Gasteiger partial charge in [-0.25, -0.2) is 0 Å². The van der Waals surface area contributed by atoms with Gasteiger partial charge in [-0.2, -0.15) is 0 Å². The highest BCUT2D eigenvalue weighted by Gasteiger charge is 2.19. The number of hydrogen-bond donors (Lipinski definition) is 1. The molecule has 0 bridgehead atoms. The van der Waals surface area contributed by atoms with Gasteiger partial charge >= 0.3 is 0 Å². The van der Waals surface area contributed by atoms with Crippen LogP contribution >= 0.6 is 0 Å². The monoisotopic (exact) mass is 262 g/mol. The summed E-state index contributed by atoms with van der Waals surface area (Å²) in [5, 5.41) is 12.2. The Labute approximate surface area is 117 Å². The molecule has 0 atom stereocenters. The van der Waals surface area contributed by atoms with Crippen molar-refractivity contribution in [3.63, 3.8) is 0 Å². The third-order valence-corrected chi connectivity index (χ3v) is 3.57. The van der Waals surface area contributed by atoms with Gasteiger partial charge in [0.1, 0.15) is 5.82 Å². The van der Waals surface area contributed by atoms with Crippen molar-refractivity contribution < 1.29 is 0 Å². The van der Waals surface area contributed by atoms with Crippen LogP contribution in [-0.4, -0.2) is 21.3 Å². The molecule has 1 aromatic heterocycles. The van der Waals surface area contributed by atoms with Crippen molar-refractivity contribution in [1.29, 1.82) is 0 Å². The highest BCUT2D eigenvalue weighted by Crippen LogP contribution is 2.29. The van der Waals surface area contributed by atoms with Gasteiger partial charge in [0.05, 0.1) is 11.4 Å². The molecular weight excluding hydrogens is 248 g/mol. The lowest BCUT2D eigenvalue weighted by Gasteiger charge is -2.11. The summed E-state index contributed by atoms with van der Waals surface area (Å²) in [6.45, 7) is 0.879. The van der Waals surface area contributed by atoms with E-state index in [2.05, 4.69) is 44.3 Å². The minimum Gasteiger partial charge on any atom is -0.383 e. The van der Waals surface area contributed by atoms with Crippen LogP contribution in [0.2, 0.25) is 0 Å². The summed E-state index contributed by atoms with van der Waals surface area (Å²) >= 11 is 0. The van der Waals surface area contributed by atoms with E-state index in [-0.39, 0.29) is 0 Å². The normalized spacial score (nSPS) is 13.0. The lowest BCUT2D eigenvalue weighted by molar-refractivity contribution is 0.873. The average molecular weight is 262 g/mol. The van der Waals surface area contributed by atoms with Gasteiger partial charge in [0.25, 0.3) is 0 Å². The van der Waals surface area contributed by atoms with E-state index in [1.54, 1.807) is 0 Å². The fourth-order valence-electron chi connectivity index (χ4n) is 2.63. The largest absolute Gasteiger partial charge is 0.383 e. The SMILES string of the molecule is c1ccc(-c2nnc3n2-c2ccccc2NCC3)cc1. The number of fused-ring (bicyclic) bond motifs is 3. The molecule has 3 aromatic rings. The van der Waals surface area contributed by atoms with Crippen LogP contribution in [0.1, 0.15) is 5.82 Å². The Morgan fingerprint density at radius 2 is 1.70 bits per heavy atom. The Balaban J connectivity index is 1.98. The molecule has 1 aliphatic rings. The molecule has 0 radical (unpaired) electrons. The molecule has 1 N–H and O–H groups in total. The number of nitrogens with one attached hydrogen (secondary N) is 1. The molecule has 0 fully saturated rings. The Hall–Kier alpha value is -2.62. The Morgan fingerprint density at radius 3 is 2.60 bits per heavy atom. The van der Waals surface area contributed by atoms with Crippen LogP contribution in [0.15, 0.2) is 54.6 Å². The van der Waals surface area contributed by atoms with E-state index < -0.39 is 0 Å². The van der Waals surface area contributed by atoms with Crippen molar-refractivity contribution in [3.05, 3.63) is 60.4 Å². The van der Waals surface area contributed by atoms with Gasteiger partial charge in [-0.05, 0) is 12.1 Å². The first-order valence-corrected chi connectivity index (χ1v) is 6.76. The second-order valence-electron chi connectivity index (χ2n) is 4.84. The van der Waals surface area contributed by atoms with E-state index in [1.165, 1.54) is 0 Å². The average Bonchev–Trinajstić information content (AvgIpc) is 2.84. The van der Waals surface area contributed by atoms with E-state index in [9.17, 15) is 0 Å². The molecule has 98 valence electrons. The zero-order chi connectivity index (χ0) is 13.4. The number of benzene rings is 2. The molecule has 0 aliphatic carbocycles. The first kappa shape index (κ1) is 11.2. The molecule has 20 heavy (non-hydrogen) atoms. The standard InChI is InChI=1S/C16H14N4/c1-2-6-12(7-3-1)16-19-18-15-10-11-17-13-8-4-5-9-14(13)20(15)16/h1-9,17H,10-11H2. The van der Waals surface area contributed by atoms with E-state index in [0.717, 1.165) is 41.6 Å². The molecule has 2 heterocycles. The lowest BCUT2D eigenvalue weighted by Crippen LogP contribution is -2.03. The number of rotatable bonds is 1. The number of anilines is 1. The fourth-order valence-corrected chi connectivity index (χ4v) is 2.63. The molecule has 4 heteroatoms. The number of aromatic nitrogens is 3. The van der Waals surface area contributed by atoms with Crippen LogP contribution in [0.5, 0.6) is 0 Å². The molecule has 0 amide bonds. The fraction of sp³-hybridized carbons (Fsp3) is 0.125. The number of para-hydroxylation sites is 2. The van der Waals surface area contributed by atoms with E-state index in [0.29, 0.717) is 0 Å². The summed E-state index contributed by atoms with van der Waals surface area (Å²) < 4.78 is 2.16. The van der Waals surface area contributed by atoms with E-state index in [4.69, 9.17) is 0 Å². The van der Waals surface area contributed by atoms with E-state index in [1.807, 2.05) is 30.3 Å². The lowest BCUT2D eigenvalue weighted by atomic mass is 10.2. The van der Waals surface area contributed by atoms with Crippen LogP contribution in [0.25, 0.3) is 17.1 Å². The Bertz CT molecular complexity index is 746. The summed E-state index contributed by atoms with van der Waals surface area (Å²) in [7, 11) is 0. The van der Waals surface area contributed by atoms with Crippen molar-refractivity contribution in [2.24, 2.45) is 0 Å². The topological polar surface area (TPSA) is 42.7 Å². The van der Waals surface area contributed by atoms with Crippen molar-refractivity contribution >= 4 is 5.69 Å². The maximum atomic E-state index is 4.39. The molecule has 4 nitrogen and oxygen atoms in total. The van der Waals surface area contributed by atoms with Crippen molar-refractivity contribution in [2.75, 3.05) is 11.9 Å². The first-order chi connectivity index (χ1) is 9.93. The minimum absolute atomic E-state index is 0.870. The van der Waals surface area contributed by atoms with E-state index >= 15 is 0 Å². The molecule has 1 aliphatic heterocycles. The predicted molar refractivity (Wildman–Crippen MR) is 79.0 cm³/mol. The quantitative estimate of drug-likeness (QED) is 0.733. The van der Waals surface area contributed by atoms with Crippen LogP contribution < -0.4 is 5.32 Å². The minimum atomic E-state index is 0.870. The molecule has 0 saturated carbocycles. The molecular formula is C16H14N4. The second kappa shape index (κ2) is 4.49. The summed E-state index contributed by atoms with van der Waals surface area (Å²) in [5.74, 6) is 1.90. The van der Waals surface area contributed by atoms with Gasteiger partial charge in [0.2, 0.25) is 0 Å². The van der Waals surface area contributed by atoms with Crippen molar-refractivity contribution in [2.45, 2.75) is 6.42 Å². The Morgan fingerprint density at radius 1 is 0.900 bits per heavy atom. The van der Waals surface area contributed by atoms with Crippen molar-refractivity contribution in [3.8, 4) is 17.1 Å². The maximum absolute atomic E-state index is 4.39. The molecule has 0 spiro atoms. The molecule has 2 aromatic carbocycles. The van der Waals surface area contributed by atoms with Crippen LogP contribution in [-0.2, 0) is 6.42 Å². The maximum Gasteiger partial charge on any atom is 0.168 e. The van der Waals surface area contributed by atoms with Gasteiger partial charge in [-0.15, -0.1) is 10.2 Å². The first-order valence-electron chi connectivity index (χ1n) is 6.76. The highest BCUT2D eigenvalue weighted by molar-refractivity contribution is 5.67. The zero-order valence-electron chi connectivity index (χ0n) is 11.0. The third-order valence-electron chi connectivity index (χ3n) is 3.57. The smallest absolute Gasteiger partial charge is 0.168 e. The predicted octanol–water partition coefficient (Wildman–Crippen LogP) is 2.90. The Kier molecular flexibility index (Phi) is 2.52. The number of hydrogen-bond acceptors (Lipinski definition) is 3. The summed E-state index contributed by atoms with van der Waals surface area (Å²) in [5.41, 5.74) is 3.33. The highest BCUT2D eigenvalue weighted by atomic mass is 15.3. The third kappa shape index (κ3) is 1.69. The second-order valence-corrected chi connectivity index (χ2v) is 4.84. The summed E-state index contributed by atoms with van der Waals surface area (Å²) in [6, 6.07) is 18.5. The van der Waals surface area contributed by atoms with Gasteiger partial charge < -0.3 is 5.32 Å². The van der Waals surface area contributed by atoms with Crippen LogP contribution in [0, 0.1) is 0 Å².